The number of hydrogen-bond acceptors (Lipinski definition) is 3. The lowest BCUT2D eigenvalue weighted by atomic mass is 10.1. The zero-order valence-electron chi connectivity index (χ0n) is 12.3. The van der Waals surface area contributed by atoms with E-state index in [0.29, 0.717) is 28.1 Å². The number of nitrogens with one attached hydrogen (secondary N) is 1. The molecule has 0 aliphatic carbocycles. The topological polar surface area (TPSA) is 51.2 Å². The van der Waals surface area contributed by atoms with Crippen LogP contribution in [-0.4, -0.2) is 17.5 Å². The molecular weight excluding hydrogens is 323 g/mol. The molecule has 0 aliphatic heterocycles. The maximum absolute atomic E-state index is 12.4. The summed E-state index contributed by atoms with van der Waals surface area (Å²) in [5, 5.41) is 3.83. The molecule has 6 heteroatoms. The third kappa shape index (κ3) is 3.90. The van der Waals surface area contributed by atoms with Crippen molar-refractivity contribution in [3.8, 4) is 5.88 Å². The summed E-state index contributed by atoms with van der Waals surface area (Å²) in [6.07, 6.45) is 1.59. The number of nitrogens with zero attached hydrogens (tertiary/aromatic N) is 1. The van der Waals surface area contributed by atoms with Crippen molar-refractivity contribution in [2.45, 2.75) is 19.9 Å². The lowest BCUT2D eigenvalue weighted by molar-refractivity contribution is 0.0935. The fraction of sp³-hybridized carbons (Fsp3) is 0.250. The quantitative estimate of drug-likeness (QED) is 0.885. The van der Waals surface area contributed by atoms with Crippen LogP contribution in [-0.2, 0) is 0 Å². The molecule has 2 rings (SSSR count). The summed E-state index contributed by atoms with van der Waals surface area (Å²) in [5.74, 6) is 0.0685. The molecule has 2 aromatic rings. The van der Waals surface area contributed by atoms with Crippen LogP contribution in [0.4, 0.5) is 0 Å². The van der Waals surface area contributed by atoms with E-state index >= 15 is 0 Å². The Labute approximate surface area is 139 Å². The second-order valence-electron chi connectivity index (χ2n) is 4.66. The Morgan fingerprint density at radius 1 is 1.32 bits per heavy atom. The van der Waals surface area contributed by atoms with E-state index in [1.165, 1.54) is 0 Å². The van der Waals surface area contributed by atoms with Gasteiger partial charge in [0.05, 0.1) is 22.7 Å². The van der Waals surface area contributed by atoms with E-state index in [9.17, 15) is 4.79 Å². The van der Waals surface area contributed by atoms with Crippen molar-refractivity contribution < 1.29 is 9.53 Å². The van der Waals surface area contributed by atoms with Crippen LogP contribution >= 0.6 is 23.2 Å². The molecule has 0 saturated carbocycles. The number of benzene rings is 1. The van der Waals surface area contributed by atoms with Crippen LogP contribution in [0.15, 0.2) is 36.5 Å². The first-order chi connectivity index (χ1) is 10.5. The number of halogens is 2. The van der Waals surface area contributed by atoms with Gasteiger partial charge in [0.1, 0.15) is 5.56 Å². The molecule has 1 aromatic heterocycles. The summed E-state index contributed by atoms with van der Waals surface area (Å²) in [4.78, 5) is 16.5. The zero-order chi connectivity index (χ0) is 16.1. The average molecular weight is 339 g/mol. The molecule has 1 atom stereocenters. The Morgan fingerprint density at radius 3 is 2.77 bits per heavy atom. The predicted molar refractivity (Wildman–Crippen MR) is 87.7 cm³/mol. The van der Waals surface area contributed by atoms with E-state index in [1.807, 2.05) is 19.9 Å². The maximum atomic E-state index is 12.4. The zero-order valence-corrected chi connectivity index (χ0v) is 13.8. The van der Waals surface area contributed by atoms with Gasteiger partial charge in [-0.3, -0.25) is 4.79 Å². The van der Waals surface area contributed by atoms with Gasteiger partial charge in [0, 0.05) is 6.20 Å². The van der Waals surface area contributed by atoms with Crippen molar-refractivity contribution in [2.24, 2.45) is 0 Å². The van der Waals surface area contributed by atoms with Crippen molar-refractivity contribution in [1.29, 1.82) is 0 Å². The standard InChI is InChI=1S/C16H16Cl2N2O2/c1-3-22-16-12(5-4-8-19-16)15(21)20-10(2)11-6-7-13(17)14(18)9-11/h4-10H,3H2,1-2H3,(H,20,21). The predicted octanol–water partition coefficient (Wildman–Crippen LogP) is 4.28. The Bertz CT molecular complexity index is 677. The molecule has 0 bridgehead atoms. The summed E-state index contributed by atoms with van der Waals surface area (Å²) in [6, 6.07) is 8.41. The summed E-state index contributed by atoms with van der Waals surface area (Å²) in [7, 11) is 0. The van der Waals surface area contributed by atoms with Crippen LogP contribution < -0.4 is 10.1 Å². The molecule has 1 unspecified atom stereocenters. The van der Waals surface area contributed by atoms with E-state index in [0.717, 1.165) is 5.56 Å². The highest BCUT2D eigenvalue weighted by Gasteiger charge is 2.16. The second-order valence-corrected chi connectivity index (χ2v) is 5.47. The van der Waals surface area contributed by atoms with Gasteiger partial charge in [-0.15, -0.1) is 0 Å². The number of carbonyl (C=O) groups excluding carboxylic acids is 1. The number of aromatic nitrogens is 1. The normalized spacial score (nSPS) is 11.8. The van der Waals surface area contributed by atoms with Crippen molar-refractivity contribution in [2.75, 3.05) is 6.61 Å². The lowest BCUT2D eigenvalue weighted by Gasteiger charge is -2.16. The van der Waals surface area contributed by atoms with Gasteiger partial charge in [-0.05, 0) is 43.7 Å². The van der Waals surface area contributed by atoms with Gasteiger partial charge < -0.3 is 10.1 Å². The van der Waals surface area contributed by atoms with Gasteiger partial charge in [-0.1, -0.05) is 29.3 Å². The SMILES string of the molecule is CCOc1ncccc1C(=O)NC(C)c1ccc(Cl)c(Cl)c1. The summed E-state index contributed by atoms with van der Waals surface area (Å²) in [5.41, 5.74) is 1.26. The first-order valence-electron chi connectivity index (χ1n) is 6.86. The van der Waals surface area contributed by atoms with Gasteiger partial charge in [-0.25, -0.2) is 4.98 Å². The first kappa shape index (κ1) is 16.6. The summed E-state index contributed by atoms with van der Waals surface area (Å²) in [6.45, 7) is 4.16. The largest absolute Gasteiger partial charge is 0.477 e. The monoisotopic (exact) mass is 338 g/mol. The number of pyridine rings is 1. The second kappa shape index (κ2) is 7.47. The molecule has 0 fully saturated rings. The van der Waals surface area contributed by atoms with E-state index < -0.39 is 0 Å². The Kier molecular flexibility index (Phi) is 5.63. The molecule has 0 spiro atoms. The molecule has 1 N–H and O–H groups in total. The number of amides is 1. The molecule has 4 nitrogen and oxygen atoms in total. The van der Waals surface area contributed by atoms with Crippen molar-refractivity contribution in [3.63, 3.8) is 0 Å². The molecule has 1 amide bonds. The maximum Gasteiger partial charge on any atom is 0.257 e. The molecule has 1 aromatic carbocycles. The molecule has 0 saturated heterocycles. The Morgan fingerprint density at radius 2 is 2.09 bits per heavy atom. The van der Waals surface area contributed by atoms with Crippen LogP contribution in [0.25, 0.3) is 0 Å². The van der Waals surface area contributed by atoms with Crippen LogP contribution in [0.3, 0.4) is 0 Å². The van der Waals surface area contributed by atoms with E-state index in [2.05, 4.69) is 10.3 Å². The van der Waals surface area contributed by atoms with E-state index in [4.69, 9.17) is 27.9 Å². The van der Waals surface area contributed by atoms with Crippen LogP contribution in [0.1, 0.15) is 35.8 Å². The summed E-state index contributed by atoms with van der Waals surface area (Å²) >= 11 is 11.9. The van der Waals surface area contributed by atoms with Gasteiger partial charge in [-0.2, -0.15) is 0 Å². The van der Waals surface area contributed by atoms with Crippen LogP contribution in [0, 0.1) is 0 Å². The summed E-state index contributed by atoms with van der Waals surface area (Å²) < 4.78 is 5.37. The molecule has 1 heterocycles. The van der Waals surface area contributed by atoms with Gasteiger partial charge >= 0.3 is 0 Å². The minimum absolute atomic E-state index is 0.225. The highest BCUT2D eigenvalue weighted by atomic mass is 35.5. The molecular formula is C16H16Cl2N2O2. The minimum atomic E-state index is -0.255. The average Bonchev–Trinajstić information content (AvgIpc) is 2.50. The molecule has 116 valence electrons. The Balaban J connectivity index is 2.16. The van der Waals surface area contributed by atoms with Gasteiger partial charge in [0.25, 0.3) is 5.91 Å². The Hall–Kier alpha value is -1.78. The third-order valence-corrected chi connectivity index (χ3v) is 3.83. The number of hydrogen-bond donors (Lipinski definition) is 1. The third-order valence-electron chi connectivity index (χ3n) is 3.09. The van der Waals surface area contributed by atoms with Crippen molar-refractivity contribution in [3.05, 3.63) is 57.7 Å². The van der Waals surface area contributed by atoms with Crippen molar-refractivity contribution in [1.82, 2.24) is 10.3 Å². The fourth-order valence-corrected chi connectivity index (χ4v) is 2.26. The fourth-order valence-electron chi connectivity index (χ4n) is 1.95. The number of ether oxygens (including phenoxy) is 1. The van der Waals surface area contributed by atoms with Gasteiger partial charge in [0.2, 0.25) is 5.88 Å². The molecule has 22 heavy (non-hydrogen) atoms. The van der Waals surface area contributed by atoms with E-state index in [-0.39, 0.29) is 11.9 Å². The highest BCUT2D eigenvalue weighted by molar-refractivity contribution is 6.42. The first-order valence-corrected chi connectivity index (χ1v) is 7.62. The number of carbonyl (C=O) groups is 1. The minimum Gasteiger partial charge on any atom is -0.477 e. The van der Waals surface area contributed by atoms with Crippen molar-refractivity contribution >= 4 is 29.1 Å². The molecule has 0 aliphatic rings. The van der Waals surface area contributed by atoms with E-state index in [1.54, 1.807) is 30.5 Å². The highest BCUT2D eigenvalue weighted by Crippen LogP contribution is 2.26. The number of rotatable bonds is 5. The van der Waals surface area contributed by atoms with Crippen LogP contribution in [0.2, 0.25) is 10.0 Å². The smallest absolute Gasteiger partial charge is 0.257 e. The van der Waals surface area contributed by atoms with Gasteiger partial charge in [0.15, 0.2) is 0 Å². The van der Waals surface area contributed by atoms with Crippen LogP contribution in [0.5, 0.6) is 5.88 Å². The molecule has 0 radical (unpaired) electrons. The lowest BCUT2D eigenvalue weighted by Crippen LogP contribution is -2.27.